The quantitative estimate of drug-likeness (QED) is 0.165. The predicted octanol–water partition coefficient (Wildman–Crippen LogP) is 8.30. The minimum absolute atomic E-state index is 0.444. The van der Waals surface area contributed by atoms with Gasteiger partial charge in [0.15, 0.2) is 0 Å². The van der Waals surface area contributed by atoms with E-state index in [9.17, 15) is 4.39 Å². The zero-order chi connectivity index (χ0) is 25.9. The van der Waals surface area contributed by atoms with E-state index in [1.807, 2.05) is 48.5 Å². The number of rotatable bonds is 3. The van der Waals surface area contributed by atoms with Gasteiger partial charge in [-0.25, -0.2) is 8.78 Å². The lowest BCUT2D eigenvalue weighted by atomic mass is 10.0. The zero-order valence-corrected chi connectivity index (χ0v) is 21.4. The molecule has 7 rings (SSSR count). The van der Waals surface area contributed by atoms with Crippen LogP contribution in [0.3, 0.4) is 0 Å². The molecule has 0 atom stereocenters. The highest BCUT2D eigenvalue weighted by Crippen LogP contribution is 2.48. The molecule has 0 N–H and O–H groups in total. The molecule has 0 unspecified atom stereocenters. The van der Waals surface area contributed by atoms with Gasteiger partial charge in [0.05, 0.1) is 0 Å². The average Bonchev–Trinajstić information content (AvgIpc) is 2.96. The van der Waals surface area contributed by atoms with Crippen LogP contribution >= 0.6 is 6.89 Å². The number of hydrogen-bond donors (Lipinski definition) is 0. The Hall–Kier alpha value is -4.26. The SMILES string of the molecule is C=P(c1ccc(F)cc1F)(c1cc2ccccc2c2ccccc12)c1cc2ccccc2c2ccccc12. The summed E-state index contributed by atoms with van der Waals surface area (Å²) in [6.45, 7) is -2.88. The van der Waals surface area contributed by atoms with Crippen molar-refractivity contribution < 1.29 is 8.78 Å². The Morgan fingerprint density at radius 3 is 1.32 bits per heavy atom. The molecule has 0 aliphatic rings. The Labute approximate surface area is 219 Å². The van der Waals surface area contributed by atoms with Crippen LogP contribution in [-0.4, -0.2) is 6.30 Å². The molecule has 0 aromatic heterocycles. The second-order valence-corrected chi connectivity index (χ2v) is 12.8. The highest BCUT2D eigenvalue weighted by Gasteiger charge is 2.30. The van der Waals surface area contributed by atoms with Crippen molar-refractivity contribution >= 4 is 72.2 Å². The molecule has 0 heterocycles. The van der Waals surface area contributed by atoms with Gasteiger partial charge in [0, 0.05) is 11.4 Å². The maximum absolute atomic E-state index is 15.9. The fourth-order valence-corrected chi connectivity index (χ4v) is 9.35. The van der Waals surface area contributed by atoms with E-state index in [2.05, 4.69) is 60.7 Å². The Kier molecular flexibility index (Phi) is 5.21. The molecule has 0 amide bonds. The van der Waals surface area contributed by atoms with Crippen molar-refractivity contribution in [3.63, 3.8) is 0 Å². The lowest BCUT2D eigenvalue weighted by Gasteiger charge is -2.30. The van der Waals surface area contributed by atoms with E-state index in [0.717, 1.165) is 59.8 Å². The van der Waals surface area contributed by atoms with Crippen LogP contribution in [0.25, 0.3) is 43.1 Å². The van der Waals surface area contributed by atoms with Crippen LogP contribution in [0.4, 0.5) is 8.78 Å². The standard InChI is InChI=1S/C35H23F2P/c1-38(33-19-18-25(36)22-32(33)37,34-20-23-10-2-4-12-26(23)28-14-6-8-16-30(28)34)35-21-24-11-3-5-13-27(24)29-15-7-9-17-31(29)35/h2-22H,1H2. The second kappa shape index (κ2) is 8.65. The van der Waals surface area contributed by atoms with E-state index < -0.39 is 18.5 Å². The monoisotopic (exact) mass is 512 g/mol. The Bertz CT molecular complexity index is 1970. The second-order valence-electron chi connectivity index (χ2n) is 9.73. The summed E-state index contributed by atoms with van der Waals surface area (Å²) in [6, 6.07) is 41.4. The summed E-state index contributed by atoms with van der Waals surface area (Å²) in [7, 11) is 0. The van der Waals surface area contributed by atoms with Gasteiger partial charge in [0.25, 0.3) is 0 Å². The summed E-state index contributed by atoms with van der Waals surface area (Å²) in [6.07, 6.45) is 4.93. The van der Waals surface area contributed by atoms with Crippen LogP contribution in [0.1, 0.15) is 0 Å². The normalized spacial score (nSPS) is 12.1. The zero-order valence-electron chi connectivity index (χ0n) is 20.5. The first kappa shape index (κ1) is 22.9. The van der Waals surface area contributed by atoms with E-state index in [1.54, 1.807) is 6.07 Å². The summed E-state index contributed by atoms with van der Waals surface area (Å²) in [5.41, 5.74) is 0. The van der Waals surface area contributed by atoms with Crippen molar-refractivity contribution in [2.45, 2.75) is 0 Å². The molecule has 7 aromatic carbocycles. The molecule has 0 spiro atoms. The van der Waals surface area contributed by atoms with Crippen molar-refractivity contribution in [2.24, 2.45) is 0 Å². The first-order valence-electron chi connectivity index (χ1n) is 12.6. The molecular weight excluding hydrogens is 489 g/mol. The topological polar surface area (TPSA) is 0 Å². The van der Waals surface area contributed by atoms with Gasteiger partial charge < -0.3 is 0 Å². The fraction of sp³-hybridized carbons (Fsp3) is 0. The van der Waals surface area contributed by atoms with Crippen LogP contribution in [-0.2, 0) is 0 Å². The van der Waals surface area contributed by atoms with Crippen LogP contribution in [0.15, 0.2) is 127 Å². The van der Waals surface area contributed by atoms with Gasteiger partial charge in [0.2, 0.25) is 0 Å². The van der Waals surface area contributed by atoms with Gasteiger partial charge in [-0.3, -0.25) is 0 Å². The first-order valence-corrected chi connectivity index (χ1v) is 14.5. The highest BCUT2D eigenvalue weighted by molar-refractivity contribution is 7.94. The van der Waals surface area contributed by atoms with Crippen molar-refractivity contribution in [3.05, 3.63) is 139 Å². The largest absolute Gasteiger partial charge is 0.207 e. The molecule has 0 saturated carbocycles. The van der Waals surface area contributed by atoms with Crippen molar-refractivity contribution in [1.82, 2.24) is 0 Å². The van der Waals surface area contributed by atoms with Crippen LogP contribution in [0.5, 0.6) is 0 Å². The lowest BCUT2D eigenvalue weighted by molar-refractivity contribution is 0.588. The van der Waals surface area contributed by atoms with Crippen molar-refractivity contribution in [3.8, 4) is 0 Å². The van der Waals surface area contributed by atoms with Gasteiger partial charge in [0.1, 0.15) is 11.6 Å². The molecule has 0 bridgehead atoms. The van der Waals surface area contributed by atoms with E-state index in [-0.39, 0.29) is 0 Å². The minimum atomic E-state index is -2.88. The van der Waals surface area contributed by atoms with Gasteiger partial charge in [-0.15, -0.1) is 0 Å². The molecule has 7 aromatic rings. The molecule has 3 heteroatoms. The molecular formula is C35H23F2P. The third-order valence-corrected chi connectivity index (χ3v) is 11.2. The molecule has 182 valence electrons. The number of halogens is 2. The van der Waals surface area contributed by atoms with Crippen LogP contribution in [0.2, 0.25) is 0 Å². The maximum atomic E-state index is 15.9. The molecule has 0 aliphatic heterocycles. The van der Waals surface area contributed by atoms with E-state index in [0.29, 0.717) is 5.30 Å². The van der Waals surface area contributed by atoms with Crippen LogP contribution in [0, 0.1) is 11.6 Å². The third kappa shape index (κ3) is 3.34. The minimum Gasteiger partial charge on any atom is -0.207 e. The molecule has 38 heavy (non-hydrogen) atoms. The molecule has 0 radical (unpaired) electrons. The van der Waals surface area contributed by atoms with E-state index >= 15 is 4.39 Å². The third-order valence-electron chi connectivity index (χ3n) is 7.64. The smallest absolute Gasteiger partial charge is 0.134 e. The van der Waals surface area contributed by atoms with Crippen molar-refractivity contribution in [1.29, 1.82) is 0 Å². The van der Waals surface area contributed by atoms with Gasteiger partial charge >= 0.3 is 0 Å². The predicted molar refractivity (Wildman–Crippen MR) is 162 cm³/mol. The fourth-order valence-electron chi connectivity index (χ4n) is 5.88. The maximum Gasteiger partial charge on any atom is 0.134 e. The highest BCUT2D eigenvalue weighted by atomic mass is 31.2. The van der Waals surface area contributed by atoms with E-state index in [4.69, 9.17) is 6.30 Å². The summed E-state index contributed by atoms with van der Waals surface area (Å²) < 4.78 is 30.1. The molecule has 0 nitrogen and oxygen atoms in total. The van der Waals surface area contributed by atoms with Gasteiger partial charge in [-0.05, 0) is 84.9 Å². The number of benzene rings is 7. The Morgan fingerprint density at radius 1 is 0.421 bits per heavy atom. The summed E-state index contributed by atoms with van der Waals surface area (Å²) in [5.74, 6) is -1.16. The Morgan fingerprint density at radius 2 is 0.842 bits per heavy atom. The summed E-state index contributed by atoms with van der Waals surface area (Å²) >= 11 is 0. The van der Waals surface area contributed by atoms with Crippen molar-refractivity contribution in [2.75, 3.05) is 0 Å². The van der Waals surface area contributed by atoms with Gasteiger partial charge in [-0.1, -0.05) is 103 Å². The first-order chi connectivity index (χ1) is 18.6. The number of fused-ring (bicyclic) bond motifs is 6. The Balaban J connectivity index is 1.72. The summed E-state index contributed by atoms with van der Waals surface area (Å²) in [4.78, 5) is 0. The number of hydrogen-bond acceptors (Lipinski definition) is 0. The molecule has 0 fully saturated rings. The summed E-state index contributed by atoms with van der Waals surface area (Å²) in [5, 5.41) is 11.1. The molecule has 0 saturated heterocycles. The average molecular weight is 513 g/mol. The van der Waals surface area contributed by atoms with Gasteiger partial charge in [-0.2, -0.15) is 0 Å². The van der Waals surface area contributed by atoms with E-state index in [1.165, 1.54) is 6.07 Å². The lowest BCUT2D eigenvalue weighted by Crippen LogP contribution is -2.29. The molecule has 0 aliphatic carbocycles. The van der Waals surface area contributed by atoms with Crippen LogP contribution < -0.4 is 15.9 Å².